The molecule has 0 saturated carbocycles. The van der Waals surface area contributed by atoms with Crippen molar-refractivity contribution >= 4 is 28.9 Å². The van der Waals surface area contributed by atoms with Crippen molar-refractivity contribution in [3.05, 3.63) is 40.6 Å². The molecule has 1 saturated heterocycles. The zero-order valence-corrected chi connectivity index (χ0v) is 12.7. The van der Waals surface area contributed by atoms with Crippen molar-refractivity contribution < 1.29 is 23.5 Å². The van der Waals surface area contributed by atoms with Crippen LogP contribution in [0.1, 0.15) is 17.7 Å². The summed E-state index contributed by atoms with van der Waals surface area (Å²) >= 11 is 1.01. The SMILES string of the molecule is O=C(O)C1CC(=O)N(c2ccc(-c3csc(C(F)F)c3)cc2)C1. The number of alkyl halides is 2. The fourth-order valence-corrected chi connectivity index (χ4v) is 3.34. The van der Waals surface area contributed by atoms with Crippen LogP contribution in [0.2, 0.25) is 0 Å². The van der Waals surface area contributed by atoms with Gasteiger partial charge in [-0.25, -0.2) is 8.78 Å². The number of thiophene rings is 1. The number of rotatable bonds is 4. The molecule has 1 unspecified atom stereocenters. The Balaban J connectivity index is 1.79. The molecule has 0 radical (unpaired) electrons. The van der Waals surface area contributed by atoms with E-state index in [2.05, 4.69) is 0 Å². The van der Waals surface area contributed by atoms with Crippen LogP contribution in [0.4, 0.5) is 14.5 Å². The maximum atomic E-state index is 12.6. The standard InChI is InChI=1S/C16H13F2NO3S/c17-15(18)13-5-11(8-23-13)9-1-3-12(4-2-9)19-7-10(16(21)22)6-14(19)20/h1-5,8,10,15H,6-7H2,(H,21,22). The number of anilines is 1. The minimum atomic E-state index is -2.48. The molecule has 3 rings (SSSR count). The predicted octanol–water partition coefficient (Wildman–Crippen LogP) is 3.79. The van der Waals surface area contributed by atoms with Crippen LogP contribution in [-0.2, 0) is 9.59 Å². The second-order valence-corrected chi connectivity index (χ2v) is 6.27. The Morgan fingerprint density at radius 3 is 2.48 bits per heavy atom. The summed E-state index contributed by atoms with van der Waals surface area (Å²) in [6.07, 6.45) is -2.48. The van der Waals surface area contributed by atoms with E-state index in [0.717, 1.165) is 16.9 Å². The highest BCUT2D eigenvalue weighted by Gasteiger charge is 2.34. The van der Waals surface area contributed by atoms with Crippen molar-refractivity contribution in [1.82, 2.24) is 0 Å². The molecule has 2 heterocycles. The molecule has 0 aliphatic carbocycles. The van der Waals surface area contributed by atoms with E-state index in [-0.39, 0.29) is 23.7 Å². The summed E-state index contributed by atoms with van der Waals surface area (Å²) in [6.45, 7) is 0.154. The Kier molecular flexibility index (Phi) is 4.12. The van der Waals surface area contributed by atoms with E-state index in [1.54, 1.807) is 29.6 Å². The van der Waals surface area contributed by atoms with Crippen molar-refractivity contribution in [2.75, 3.05) is 11.4 Å². The van der Waals surface area contributed by atoms with E-state index >= 15 is 0 Å². The molecule has 1 aliphatic rings. The Labute approximate surface area is 135 Å². The molecule has 1 aromatic heterocycles. The van der Waals surface area contributed by atoms with E-state index in [9.17, 15) is 18.4 Å². The lowest BCUT2D eigenvalue weighted by Crippen LogP contribution is -2.25. The summed E-state index contributed by atoms with van der Waals surface area (Å²) in [4.78, 5) is 24.3. The number of benzene rings is 1. The second-order valence-electron chi connectivity index (χ2n) is 5.33. The summed E-state index contributed by atoms with van der Waals surface area (Å²) in [5, 5.41) is 10.7. The summed E-state index contributed by atoms with van der Waals surface area (Å²) in [7, 11) is 0. The first kappa shape index (κ1) is 15.6. The van der Waals surface area contributed by atoms with Gasteiger partial charge in [-0.1, -0.05) is 12.1 Å². The zero-order valence-electron chi connectivity index (χ0n) is 11.9. The van der Waals surface area contributed by atoms with Crippen LogP contribution in [-0.4, -0.2) is 23.5 Å². The summed E-state index contributed by atoms with van der Waals surface area (Å²) in [6, 6.07) is 8.35. The Morgan fingerprint density at radius 2 is 1.96 bits per heavy atom. The lowest BCUT2D eigenvalue weighted by Gasteiger charge is -2.16. The zero-order chi connectivity index (χ0) is 16.6. The van der Waals surface area contributed by atoms with E-state index < -0.39 is 18.3 Å². The van der Waals surface area contributed by atoms with Gasteiger partial charge in [0.15, 0.2) is 0 Å². The number of aliphatic carboxylic acids is 1. The maximum Gasteiger partial charge on any atom is 0.308 e. The van der Waals surface area contributed by atoms with Crippen LogP contribution in [0.15, 0.2) is 35.7 Å². The van der Waals surface area contributed by atoms with Crippen molar-refractivity contribution in [3.63, 3.8) is 0 Å². The van der Waals surface area contributed by atoms with Gasteiger partial charge in [0.25, 0.3) is 6.43 Å². The molecule has 1 atom stereocenters. The second kappa shape index (κ2) is 6.08. The molecular formula is C16H13F2NO3S. The van der Waals surface area contributed by atoms with Crippen molar-refractivity contribution in [2.45, 2.75) is 12.8 Å². The van der Waals surface area contributed by atoms with Crippen molar-refractivity contribution in [2.24, 2.45) is 5.92 Å². The molecular weight excluding hydrogens is 324 g/mol. The van der Waals surface area contributed by atoms with Crippen LogP contribution < -0.4 is 4.90 Å². The van der Waals surface area contributed by atoms with Gasteiger partial charge in [-0.3, -0.25) is 9.59 Å². The average Bonchev–Trinajstić information content (AvgIpc) is 3.14. The number of carboxylic acid groups (broad SMARTS) is 1. The Hall–Kier alpha value is -2.28. The first-order chi connectivity index (χ1) is 11.0. The smallest absolute Gasteiger partial charge is 0.308 e. The van der Waals surface area contributed by atoms with Crippen molar-refractivity contribution in [1.29, 1.82) is 0 Å². The number of carbonyl (C=O) groups excluding carboxylic acids is 1. The van der Waals surface area contributed by atoms with E-state index in [0.29, 0.717) is 11.3 Å². The highest BCUT2D eigenvalue weighted by atomic mass is 32.1. The lowest BCUT2D eigenvalue weighted by molar-refractivity contribution is -0.141. The first-order valence-electron chi connectivity index (χ1n) is 6.96. The molecule has 1 amide bonds. The number of hydrogen-bond donors (Lipinski definition) is 1. The number of carboxylic acids is 1. The number of hydrogen-bond acceptors (Lipinski definition) is 3. The molecule has 1 fully saturated rings. The van der Waals surface area contributed by atoms with Gasteiger partial charge >= 0.3 is 5.97 Å². The molecule has 0 spiro atoms. The van der Waals surface area contributed by atoms with Crippen LogP contribution in [0.5, 0.6) is 0 Å². The van der Waals surface area contributed by atoms with Gasteiger partial charge in [0.1, 0.15) is 0 Å². The fraction of sp³-hybridized carbons (Fsp3) is 0.250. The van der Waals surface area contributed by atoms with Crippen LogP contribution in [0, 0.1) is 5.92 Å². The number of carbonyl (C=O) groups is 2. The number of nitrogens with zero attached hydrogens (tertiary/aromatic N) is 1. The molecule has 1 N–H and O–H groups in total. The van der Waals surface area contributed by atoms with Crippen LogP contribution >= 0.6 is 11.3 Å². The van der Waals surface area contributed by atoms with Gasteiger partial charge in [0.2, 0.25) is 5.91 Å². The van der Waals surface area contributed by atoms with E-state index in [4.69, 9.17) is 5.11 Å². The first-order valence-corrected chi connectivity index (χ1v) is 7.84. The normalized spacial score (nSPS) is 18.0. The molecule has 0 bridgehead atoms. The monoisotopic (exact) mass is 337 g/mol. The van der Waals surface area contributed by atoms with Gasteiger partial charge in [-0.05, 0) is 34.7 Å². The predicted molar refractivity (Wildman–Crippen MR) is 82.8 cm³/mol. The van der Waals surface area contributed by atoms with Gasteiger partial charge in [-0.15, -0.1) is 11.3 Å². The molecule has 120 valence electrons. The molecule has 1 aromatic carbocycles. The quantitative estimate of drug-likeness (QED) is 0.923. The minimum absolute atomic E-state index is 0.000631. The van der Waals surface area contributed by atoms with E-state index in [1.165, 1.54) is 11.0 Å². The Bertz CT molecular complexity index is 742. The number of halogens is 2. The number of amides is 1. The summed E-state index contributed by atoms with van der Waals surface area (Å²) < 4.78 is 25.3. The minimum Gasteiger partial charge on any atom is -0.481 e. The van der Waals surface area contributed by atoms with Crippen LogP contribution in [0.3, 0.4) is 0 Å². The van der Waals surface area contributed by atoms with Gasteiger partial charge in [0.05, 0.1) is 10.8 Å². The van der Waals surface area contributed by atoms with E-state index in [1.807, 2.05) is 0 Å². The van der Waals surface area contributed by atoms with Crippen molar-refractivity contribution in [3.8, 4) is 11.1 Å². The lowest BCUT2D eigenvalue weighted by atomic mass is 10.1. The van der Waals surface area contributed by atoms with Gasteiger partial charge in [0, 0.05) is 18.7 Å². The molecule has 7 heteroatoms. The highest BCUT2D eigenvalue weighted by molar-refractivity contribution is 7.10. The molecule has 1 aliphatic heterocycles. The maximum absolute atomic E-state index is 12.6. The third-order valence-corrected chi connectivity index (χ3v) is 4.76. The van der Waals surface area contributed by atoms with Crippen LogP contribution in [0.25, 0.3) is 11.1 Å². The fourth-order valence-electron chi connectivity index (χ4n) is 2.57. The molecule has 23 heavy (non-hydrogen) atoms. The highest BCUT2D eigenvalue weighted by Crippen LogP contribution is 2.33. The molecule has 4 nitrogen and oxygen atoms in total. The largest absolute Gasteiger partial charge is 0.481 e. The Morgan fingerprint density at radius 1 is 1.26 bits per heavy atom. The average molecular weight is 337 g/mol. The third-order valence-electron chi connectivity index (χ3n) is 3.82. The van der Waals surface area contributed by atoms with Gasteiger partial charge in [-0.2, -0.15) is 0 Å². The summed E-state index contributed by atoms with van der Waals surface area (Å²) in [5.41, 5.74) is 2.10. The topological polar surface area (TPSA) is 57.6 Å². The molecule has 2 aromatic rings. The summed E-state index contributed by atoms with van der Waals surface area (Å²) in [5.74, 6) is -1.89. The van der Waals surface area contributed by atoms with Gasteiger partial charge < -0.3 is 10.0 Å². The third kappa shape index (κ3) is 3.10.